The lowest BCUT2D eigenvalue weighted by atomic mass is 10.1. The van der Waals surface area contributed by atoms with Gasteiger partial charge in [0, 0.05) is 6.42 Å². The van der Waals surface area contributed by atoms with E-state index in [4.69, 9.17) is 9.36 Å². The molecule has 4 rings (SSSR count). The molecule has 7 nitrogen and oxygen atoms in total. The smallest absolute Gasteiger partial charge is 0.360 e. The number of aryl methyl sites for hydroxylation is 1. The van der Waals surface area contributed by atoms with Gasteiger partial charge >= 0.3 is 5.97 Å². The maximum absolute atomic E-state index is 12.7. The second kappa shape index (κ2) is 6.53. The van der Waals surface area contributed by atoms with Crippen molar-refractivity contribution in [1.82, 2.24) is 10.2 Å². The maximum atomic E-state index is 12.7. The number of fused-ring (bicyclic) bond motifs is 1. The Balaban J connectivity index is 1.59. The molecule has 1 aromatic heterocycles. The van der Waals surface area contributed by atoms with Crippen LogP contribution in [0.4, 0.5) is 0 Å². The summed E-state index contributed by atoms with van der Waals surface area (Å²) in [5.41, 5.74) is 1.81. The van der Waals surface area contributed by atoms with Crippen molar-refractivity contribution < 1.29 is 23.7 Å². The molecule has 0 bridgehead atoms. The van der Waals surface area contributed by atoms with Gasteiger partial charge in [-0.2, -0.15) is 0 Å². The van der Waals surface area contributed by atoms with Crippen LogP contribution < -0.4 is 0 Å². The molecule has 0 N–H and O–H groups in total. The number of amides is 2. The molecule has 0 aliphatic carbocycles. The summed E-state index contributed by atoms with van der Waals surface area (Å²) in [6, 6.07) is 15.7. The van der Waals surface area contributed by atoms with Crippen LogP contribution in [0.3, 0.4) is 0 Å². The minimum Gasteiger partial charge on any atom is -0.360 e. The number of aromatic nitrogens is 1. The summed E-state index contributed by atoms with van der Waals surface area (Å²) in [7, 11) is 0. The highest BCUT2D eigenvalue weighted by Crippen LogP contribution is 2.25. The molecule has 1 aliphatic heterocycles. The zero-order valence-corrected chi connectivity index (χ0v) is 14.3. The summed E-state index contributed by atoms with van der Waals surface area (Å²) in [6.07, 6.45) is 0.352. The molecule has 2 heterocycles. The van der Waals surface area contributed by atoms with E-state index in [1.54, 1.807) is 19.1 Å². The van der Waals surface area contributed by atoms with Crippen LogP contribution in [0.1, 0.15) is 48.1 Å². The summed E-state index contributed by atoms with van der Waals surface area (Å²) < 4.78 is 5.13. The van der Waals surface area contributed by atoms with Crippen LogP contribution in [0.5, 0.6) is 0 Å². The third-order valence-electron chi connectivity index (χ3n) is 4.28. The van der Waals surface area contributed by atoms with Crippen LogP contribution in [0.15, 0.2) is 59.1 Å². The van der Waals surface area contributed by atoms with Gasteiger partial charge in [0.2, 0.25) is 0 Å². The lowest BCUT2D eigenvalue weighted by Crippen LogP contribution is -2.33. The maximum Gasteiger partial charge on any atom is 0.369 e. The summed E-state index contributed by atoms with van der Waals surface area (Å²) in [6.45, 7) is 1.57. The van der Waals surface area contributed by atoms with Gasteiger partial charge in [0.15, 0.2) is 0 Å². The molecule has 2 amide bonds. The fourth-order valence-electron chi connectivity index (χ4n) is 2.97. The molecule has 3 aromatic rings. The highest BCUT2D eigenvalue weighted by atomic mass is 16.7. The monoisotopic (exact) mass is 362 g/mol. The van der Waals surface area contributed by atoms with E-state index in [1.165, 1.54) is 12.1 Å². The number of imide groups is 1. The first-order valence-electron chi connectivity index (χ1n) is 8.25. The fraction of sp³-hybridized carbons (Fsp3) is 0.100. The number of benzene rings is 2. The van der Waals surface area contributed by atoms with Crippen molar-refractivity contribution in [1.29, 1.82) is 0 Å². The highest BCUT2D eigenvalue weighted by molar-refractivity contribution is 6.21. The number of nitrogens with zero attached hydrogens (tertiary/aromatic N) is 2. The Morgan fingerprint density at radius 3 is 2.22 bits per heavy atom. The van der Waals surface area contributed by atoms with Crippen molar-refractivity contribution >= 4 is 17.8 Å². The topological polar surface area (TPSA) is 89.7 Å². The van der Waals surface area contributed by atoms with E-state index in [0.717, 1.165) is 5.56 Å². The van der Waals surface area contributed by atoms with E-state index < -0.39 is 17.8 Å². The van der Waals surface area contributed by atoms with Gasteiger partial charge in [-0.15, -0.1) is 0 Å². The second-order valence-corrected chi connectivity index (χ2v) is 6.05. The molecular formula is C20H14N2O5. The van der Waals surface area contributed by atoms with Gasteiger partial charge < -0.3 is 9.36 Å². The predicted molar refractivity (Wildman–Crippen MR) is 92.8 cm³/mol. The third-order valence-corrected chi connectivity index (χ3v) is 4.28. The molecule has 134 valence electrons. The normalized spacial score (nSPS) is 13.0. The largest absolute Gasteiger partial charge is 0.369 e. The van der Waals surface area contributed by atoms with Crippen molar-refractivity contribution in [3.8, 4) is 0 Å². The van der Waals surface area contributed by atoms with Gasteiger partial charge in [0.25, 0.3) is 11.8 Å². The molecule has 0 radical (unpaired) electrons. The third kappa shape index (κ3) is 2.89. The minimum atomic E-state index is -0.866. The van der Waals surface area contributed by atoms with Crippen molar-refractivity contribution in [3.63, 3.8) is 0 Å². The predicted octanol–water partition coefficient (Wildman–Crippen LogP) is 2.94. The van der Waals surface area contributed by atoms with Crippen LogP contribution in [-0.4, -0.2) is 28.0 Å². The number of hydroxylamine groups is 2. The Hall–Kier alpha value is -3.74. The number of hydrogen-bond acceptors (Lipinski definition) is 6. The summed E-state index contributed by atoms with van der Waals surface area (Å²) >= 11 is 0. The minimum absolute atomic E-state index is 0.107. The van der Waals surface area contributed by atoms with Gasteiger partial charge in [-0.1, -0.05) is 52.7 Å². The molecule has 1 aliphatic rings. The van der Waals surface area contributed by atoms with Crippen molar-refractivity contribution in [2.45, 2.75) is 13.3 Å². The molecule has 0 atom stereocenters. The fourth-order valence-corrected chi connectivity index (χ4v) is 2.97. The molecule has 0 spiro atoms. The molecule has 2 aromatic carbocycles. The van der Waals surface area contributed by atoms with Crippen LogP contribution in [0.2, 0.25) is 0 Å². The molecule has 0 fully saturated rings. The summed E-state index contributed by atoms with van der Waals surface area (Å²) in [5.74, 6) is -1.97. The van der Waals surface area contributed by atoms with Gasteiger partial charge in [-0.3, -0.25) is 9.59 Å². The average molecular weight is 362 g/mol. The molecule has 0 saturated heterocycles. The number of hydrogen-bond donors (Lipinski definition) is 0. The van der Waals surface area contributed by atoms with Crippen LogP contribution in [0, 0.1) is 6.92 Å². The standard InChI is InChI=1S/C20H14N2O5/c1-12-17(16(21-26-12)11-13-7-3-2-4-8-13)20(25)27-22-18(23)14-9-5-6-10-15(14)19(22)24/h2-10H,11H2,1H3. The van der Waals surface area contributed by atoms with E-state index in [9.17, 15) is 14.4 Å². The van der Waals surface area contributed by atoms with Crippen LogP contribution >= 0.6 is 0 Å². The Morgan fingerprint density at radius 1 is 1.00 bits per heavy atom. The van der Waals surface area contributed by atoms with Crippen molar-refractivity contribution in [2.24, 2.45) is 0 Å². The van der Waals surface area contributed by atoms with Gasteiger partial charge in [0.05, 0.1) is 11.1 Å². The Morgan fingerprint density at radius 2 is 1.59 bits per heavy atom. The highest BCUT2D eigenvalue weighted by Gasteiger charge is 2.39. The van der Waals surface area contributed by atoms with E-state index in [2.05, 4.69) is 5.16 Å². The summed E-state index contributed by atoms with van der Waals surface area (Å²) in [5, 5.41) is 4.40. The first-order chi connectivity index (χ1) is 13.1. The molecule has 27 heavy (non-hydrogen) atoms. The van der Waals surface area contributed by atoms with Crippen molar-refractivity contribution in [2.75, 3.05) is 0 Å². The summed E-state index contributed by atoms with van der Waals surface area (Å²) in [4.78, 5) is 42.5. The van der Waals surface area contributed by atoms with Gasteiger partial charge in [-0.25, -0.2) is 4.79 Å². The Labute approximate surface area is 154 Å². The zero-order chi connectivity index (χ0) is 19.0. The quantitative estimate of drug-likeness (QED) is 0.663. The molecular weight excluding hydrogens is 348 g/mol. The van der Waals surface area contributed by atoms with Crippen molar-refractivity contribution in [3.05, 3.63) is 88.3 Å². The van der Waals surface area contributed by atoms with E-state index in [0.29, 0.717) is 17.2 Å². The molecule has 7 heteroatoms. The second-order valence-electron chi connectivity index (χ2n) is 6.05. The number of carbonyl (C=O) groups is 3. The van der Waals surface area contributed by atoms with Crippen LogP contribution in [-0.2, 0) is 11.3 Å². The first-order valence-corrected chi connectivity index (χ1v) is 8.25. The SMILES string of the molecule is Cc1onc(Cc2ccccc2)c1C(=O)ON1C(=O)c2ccccc2C1=O. The number of rotatable bonds is 4. The number of carbonyl (C=O) groups excluding carboxylic acids is 3. The lowest BCUT2D eigenvalue weighted by molar-refractivity contribution is -0.0586. The van der Waals surface area contributed by atoms with E-state index in [1.807, 2.05) is 30.3 Å². The van der Waals surface area contributed by atoms with E-state index in [-0.39, 0.29) is 22.5 Å². The molecule has 0 unspecified atom stereocenters. The average Bonchev–Trinajstić information content (AvgIpc) is 3.16. The molecule has 0 saturated carbocycles. The zero-order valence-electron chi connectivity index (χ0n) is 14.3. The Bertz CT molecular complexity index is 1020. The van der Waals surface area contributed by atoms with E-state index >= 15 is 0 Å². The van der Waals surface area contributed by atoms with Crippen LogP contribution in [0.25, 0.3) is 0 Å². The van der Waals surface area contributed by atoms with Gasteiger partial charge in [-0.05, 0) is 24.6 Å². The first kappa shape index (κ1) is 16.7. The Kier molecular flexibility index (Phi) is 4.04. The lowest BCUT2D eigenvalue weighted by Gasteiger charge is -2.12. The van der Waals surface area contributed by atoms with Gasteiger partial charge in [0.1, 0.15) is 17.0 Å².